The number of halogens is 1. The van der Waals surface area contributed by atoms with E-state index in [1.54, 1.807) is 36.4 Å². The summed E-state index contributed by atoms with van der Waals surface area (Å²) in [7, 11) is 0. The van der Waals surface area contributed by atoms with Crippen molar-refractivity contribution in [1.82, 2.24) is 0 Å². The van der Waals surface area contributed by atoms with Crippen molar-refractivity contribution in [3.8, 4) is 11.5 Å². The molecular weight excluding hydrogens is 266 g/mol. The number of ether oxygens (including phenoxy) is 1. The number of carbonyl (C=O) groups is 1. The summed E-state index contributed by atoms with van der Waals surface area (Å²) in [4.78, 5) is 11.0. The summed E-state index contributed by atoms with van der Waals surface area (Å²) in [6, 6.07) is 11.6. The lowest BCUT2D eigenvalue weighted by Crippen LogP contribution is -2.10. The topological polar surface area (TPSA) is 72.6 Å². The zero-order valence-electron chi connectivity index (χ0n) is 9.97. The molecule has 1 amide bonds. The third-order valence-electron chi connectivity index (χ3n) is 2.53. The van der Waals surface area contributed by atoms with E-state index >= 15 is 0 Å². The van der Waals surface area contributed by atoms with Gasteiger partial charge in [-0.2, -0.15) is 0 Å². The summed E-state index contributed by atoms with van der Waals surface area (Å²) in [5, 5.41) is 9.34. The second-order valence-corrected chi connectivity index (χ2v) is 4.32. The molecule has 3 N–H and O–H groups in total. The molecule has 0 aromatic heterocycles. The van der Waals surface area contributed by atoms with Crippen molar-refractivity contribution >= 4 is 17.5 Å². The molecule has 0 heterocycles. The maximum atomic E-state index is 11.0. The molecule has 4 nitrogen and oxygen atoms in total. The van der Waals surface area contributed by atoms with E-state index in [-0.39, 0.29) is 6.61 Å². The average Bonchev–Trinajstić information content (AvgIpc) is 2.41. The third-order valence-corrected chi connectivity index (χ3v) is 2.82. The molecule has 0 saturated heterocycles. The van der Waals surface area contributed by atoms with Gasteiger partial charge in [-0.15, -0.1) is 0 Å². The summed E-state index contributed by atoms with van der Waals surface area (Å²) in [6.07, 6.45) is 0. The van der Waals surface area contributed by atoms with Crippen molar-refractivity contribution in [1.29, 1.82) is 0 Å². The molecule has 0 radical (unpaired) electrons. The largest absolute Gasteiger partial charge is 0.456 e. The van der Waals surface area contributed by atoms with Crippen LogP contribution in [0.5, 0.6) is 11.5 Å². The van der Waals surface area contributed by atoms with Crippen LogP contribution in [0.4, 0.5) is 0 Å². The number of primary amides is 1. The summed E-state index contributed by atoms with van der Waals surface area (Å²) >= 11 is 6.01. The Morgan fingerprint density at radius 3 is 2.68 bits per heavy atom. The van der Waals surface area contributed by atoms with Crippen LogP contribution in [-0.4, -0.2) is 11.0 Å². The van der Waals surface area contributed by atoms with Crippen LogP contribution in [0, 0.1) is 0 Å². The first-order valence-corrected chi connectivity index (χ1v) is 5.95. The van der Waals surface area contributed by atoms with Gasteiger partial charge in [0.25, 0.3) is 0 Å². The third kappa shape index (κ3) is 3.24. The van der Waals surface area contributed by atoms with Crippen molar-refractivity contribution < 1.29 is 14.6 Å². The van der Waals surface area contributed by atoms with Gasteiger partial charge in [0.15, 0.2) is 0 Å². The molecule has 0 spiro atoms. The van der Waals surface area contributed by atoms with Crippen LogP contribution in [-0.2, 0) is 6.61 Å². The molecule has 98 valence electrons. The highest BCUT2D eigenvalue weighted by atomic mass is 35.5. The molecule has 2 aromatic rings. The highest BCUT2D eigenvalue weighted by molar-refractivity contribution is 6.32. The van der Waals surface area contributed by atoms with E-state index in [1.807, 2.05) is 0 Å². The van der Waals surface area contributed by atoms with Gasteiger partial charge in [0.05, 0.1) is 11.6 Å². The van der Waals surface area contributed by atoms with E-state index < -0.39 is 5.91 Å². The maximum absolute atomic E-state index is 11.0. The van der Waals surface area contributed by atoms with Crippen molar-refractivity contribution in [3.05, 3.63) is 58.6 Å². The van der Waals surface area contributed by atoms with Crippen LogP contribution >= 0.6 is 11.6 Å². The Morgan fingerprint density at radius 1 is 1.26 bits per heavy atom. The molecule has 5 heteroatoms. The van der Waals surface area contributed by atoms with Gasteiger partial charge in [0.1, 0.15) is 11.5 Å². The molecule has 0 saturated carbocycles. The monoisotopic (exact) mass is 277 g/mol. The number of amides is 1. The standard InChI is InChI=1S/C14H12ClNO3/c15-12-7-10(14(16)18)4-5-13(12)19-11-3-1-2-9(6-11)8-17/h1-7,17H,8H2,(H2,16,18). The van der Waals surface area contributed by atoms with Gasteiger partial charge < -0.3 is 15.6 Å². The van der Waals surface area contributed by atoms with Gasteiger partial charge in [-0.3, -0.25) is 4.79 Å². The zero-order chi connectivity index (χ0) is 13.8. The maximum Gasteiger partial charge on any atom is 0.248 e. The van der Waals surface area contributed by atoms with Crippen LogP contribution in [0.3, 0.4) is 0 Å². The van der Waals surface area contributed by atoms with E-state index in [1.165, 1.54) is 6.07 Å². The van der Waals surface area contributed by atoms with E-state index in [2.05, 4.69) is 0 Å². The quantitative estimate of drug-likeness (QED) is 0.902. The number of aliphatic hydroxyl groups excluding tert-OH is 1. The Labute approximate surface area is 115 Å². The van der Waals surface area contributed by atoms with Crippen LogP contribution in [0.25, 0.3) is 0 Å². The van der Waals surface area contributed by atoms with Crippen LogP contribution in [0.2, 0.25) is 5.02 Å². The Kier molecular flexibility index (Phi) is 4.04. The van der Waals surface area contributed by atoms with Crippen LogP contribution < -0.4 is 10.5 Å². The molecule has 2 aromatic carbocycles. The first-order chi connectivity index (χ1) is 9.10. The Balaban J connectivity index is 2.25. The van der Waals surface area contributed by atoms with Crippen molar-refractivity contribution in [3.63, 3.8) is 0 Å². The summed E-state index contributed by atoms with van der Waals surface area (Å²) in [5.74, 6) is 0.428. The number of hydrogen-bond donors (Lipinski definition) is 2. The molecule has 0 fully saturated rings. The fourth-order valence-corrected chi connectivity index (χ4v) is 1.79. The molecular formula is C14H12ClNO3. The number of rotatable bonds is 4. The minimum Gasteiger partial charge on any atom is -0.456 e. The van der Waals surface area contributed by atoms with Gasteiger partial charge in [-0.05, 0) is 35.9 Å². The minimum absolute atomic E-state index is 0.0639. The number of benzene rings is 2. The number of hydrogen-bond acceptors (Lipinski definition) is 3. The van der Waals surface area contributed by atoms with Gasteiger partial charge >= 0.3 is 0 Å². The Hall–Kier alpha value is -2.04. The fourth-order valence-electron chi connectivity index (χ4n) is 1.57. The van der Waals surface area contributed by atoms with Gasteiger partial charge in [0, 0.05) is 5.56 Å². The SMILES string of the molecule is NC(=O)c1ccc(Oc2cccc(CO)c2)c(Cl)c1. The van der Waals surface area contributed by atoms with Gasteiger partial charge in [-0.1, -0.05) is 23.7 Å². The van der Waals surface area contributed by atoms with Crippen molar-refractivity contribution in [2.24, 2.45) is 5.73 Å². The molecule has 0 aliphatic heterocycles. The normalized spacial score (nSPS) is 10.2. The predicted octanol–water partition coefficient (Wildman–Crippen LogP) is 2.72. The van der Waals surface area contributed by atoms with E-state index in [9.17, 15) is 4.79 Å². The molecule has 2 rings (SSSR count). The van der Waals surface area contributed by atoms with E-state index in [0.717, 1.165) is 5.56 Å². The lowest BCUT2D eigenvalue weighted by Gasteiger charge is -2.09. The summed E-state index contributed by atoms with van der Waals surface area (Å²) in [5.41, 5.74) is 6.22. The smallest absolute Gasteiger partial charge is 0.248 e. The van der Waals surface area contributed by atoms with E-state index in [4.69, 9.17) is 27.2 Å². The Bertz CT molecular complexity index is 613. The molecule has 0 bridgehead atoms. The van der Waals surface area contributed by atoms with Gasteiger partial charge in [-0.25, -0.2) is 0 Å². The van der Waals surface area contributed by atoms with Crippen molar-refractivity contribution in [2.75, 3.05) is 0 Å². The summed E-state index contributed by atoms with van der Waals surface area (Å²) < 4.78 is 5.59. The van der Waals surface area contributed by atoms with Gasteiger partial charge in [0.2, 0.25) is 5.91 Å². The second kappa shape index (κ2) is 5.73. The van der Waals surface area contributed by atoms with Crippen molar-refractivity contribution in [2.45, 2.75) is 6.61 Å². The molecule has 0 atom stereocenters. The van der Waals surface area contributed by atoms with E-state index in [0.29, 0.717) is 22.1 Å². The van der Waals surface area contributed by atoms with Crippen LogP contribution in [0.1, 0.15) is 15.9 Å². The lowest BCUT2D eigenvalue weighted by atomic mass is 10.2. The molecule has 0 aliphatic carbocycles. The fraction of sp³-hybridized carbons (Fsp3) is 0.0714. The minimum atomic E-state index is -0.546. The molecule has 19 heavy (non-hydrogen) atoms. The number of nitrogens with two attached hydrogens (primary N) is 1. The predicted molar refractivity (Wildman–Crippen MR) is 72.4 cm³/mol. The summed E-state index contributed by atoms with van der Waals surface area (Å²) in [6.45, 7) is -0.0639. The Morgan fingerprint density at radius 2 is 2.05 bits per heavy atom. The highest BCUT2D eigenvalue weighted by Gasteiger charge is 2.07. The zero-order valence-corrected chi connectivity index (χ0v) is 10.7. The average molecular weight is 278 g/mol. The molecule has 0 unspecified atom stereocenters. The second-order valence-electron chi connectivity index (χ2n) is 3.92. The number of carbonyl (C=O) groups excluding carboxylic acids is 1. The first-order valence-electron chi connectivity index (χ1n) is 5.57. The van der Waals surface area contributed by atoms with Crippen LogP contribution in [0.15, 0.2) is 42.5 Å². The molecule has 0 aliphatic rings. The number of aliphatic hydroxyl groups is 1. The first kappa shape index (κ1) is 13.4. The lowest BCUT2D eigenvalue weighted by molar-refractivity contribution is 0.100. The highest BCUT2D eigenvalue weighted by Crippen LogP contribution is 2.30.